The highest BCUT2D eigenvalue weighted by Crippen LogP contribution is 2.21. The molecule has 0 saturated heterocycles. The number of carbonyl (C=O) groups excluding carboxylic acids is 2. The molecule has 140 valence electrons. The minimum absolute atomic E-state index is 0.0657. The van der Waals surface area contributed by atoms with Crippen molar-refractivity contribution in [2.24, 2.45) is 0 Å². The van der Waals surface area contributed by atoms with Crippen LogP contribution in [0.25, 0.3) is 0 Å². The number of benzene rings is 1. The summed E-state index contributed by atoms with van der Waals surface area (Å²) in [5.41, 5.74) is 1.66. The van der Waals surface area contributed by atoms with Crippen molar-refractivity contribution >= 4 is 23.4 Å². The number of halogens is 2. The summed E-state index contributed by atoms with van der Waals surface area (Å²) in [6.45, 7) is 3.66. The molecule has 3 rings (SSSR count). The summed E-state index contributed by atoms with van der Waals surface area (Å²) >= 11 is 5.84. The van der Waals surface area contributed by atoms with Crippen LogP contribution in [0, 0.1) is 19.7 Å². The lowest BCUT2D eigenvalue weighted by atomic mass is 10.1. The molecule has 0 amide bonds. The number of hydrogen-bond donors (Lipinski definition) is 0. The number of nitrogens with zero attached hydrogens (tertiary/aromatic N) is 1. The topological polar surface area (TPSA) is 61.4 Å². The molecule has 0 unspecified atom stereocenters. The Labute approximate surface area is 160 Å². The molecule has 5 nitrogen and oxygen atoms in total. The summed E-state index contributed by atoms with van der Waals surface area (Å²) in [4.78, 5) is 24.6. The summed E-state index contributed by atoms with van der Waals surface area (Å²) in [7, 11) is 0. The Bertz CT molecular complexity index is 972. The predicted molar refractivity (Wildman–Crippen MR) is 97.7 cm³/mol. The van der Waals surface area contributed by atoms with Gasteiger partial charge >= 0.3 is 5.97 Å². The molecule has 3 aromatic rings. The van der Waals surface area contributed by atoms with E-state index in [1.165, 1.54) is 12.1 Å². The van der Waals surface area contributed by atoms with E-state index in [1.54, 1.807) is 25.3 Å². The van der Waals surface area contributed by atoms with Gasteiger partial charge in [0.1, 0.15) is 17.1 Å². The zero-order valence-electron chi connectivity index (χ0n) is 14.8. The maximum atomic E-state index is 13.8. The van der Waals surface area contributed by atoms with Crippen molar-refractivity contribution in [3.05, 3.63) is 81.8 Å². The number of Topliss-reactive ketones (excluding diaryl/α,β-unsaturated/α-hetero) is 1. The molecule has 0 aliphatic rings. The van der Waals surface area contributed by atoms with Crippen molar-refractivity contribution in [2.45, 2.75) is 20.4 Å². The summed E-state index contributed by atoms with van der Waals surface area (Å²) in [6, 6.07) is 9.24. The van der Waals surface area contributed by atoms with Crippen molar-refractivity contribution in [1.82, 2.24) is 4.57 Å². The number of aryl methyl sites for hydroxylation is 1. The van der Waals surface area contributed by atoms with Gasteiger partial charge in [0, 0.05) is 17.0 Å². The third kappa shape index (κ3) is 3.95. The van der Waals surface area contributed by atoms with Crippen LogP contribution in [0.2, 0.25) is 5.02 Å². The van der Waals surface area contributed by atoms with Crippen molar-refractivity contribution in [3.8, 4) is 0 Å². The molecule has 27 heavy (non-hydrogen) atoms. The highest BCUT2D eigenvalue weighted by Gasteiger charge is 2.21. The van der Waals surface area contributed by atoms with Gasteiger partial charge in [-0.2, -0.15) is 0 Å². The predicted octanol–water partition coefficient (Wildman–Crippen LogP) is 4.58. The van der Waals surface area contributed by atoms with E-state index in [2.05, 4.69) is 0 Å². The summed E-state index contributed by atoms with van der Waals surface area (Å²) in [6.07, 6.45) is 1.59. The fourth-order valence-corrected chi connectivity index (χ4v) is 3.10. The molecule has 0 N–H and O–H groups in total. The second kappa shape index (κ2) is 7.80. The average Bonchev–Trinajstić information content (AvgIpc) is 3.23. The first-order valence-electron chi connectivity index (χ1n) is 8.22. The number of ether oxygens (including phenoxy) is 1. The van der Waals surface area contributed by atoms with Gasteiger partial charge in [-0.05, 0) is 44.2 Å². The van der Waals surface area contributed by atoms with Crippen LogP contribution in [-0.4, -0.2) is 22.9 Å². The fourth-order valence-electron chi connectivity index (χ4n) is 2.86. The quantitative estimate of drug-likeness (QED) is 0.457. The molecule has 0 aliphatic carbocycles. The smallest absolute Gasteiger partial charge is 0.343 e. The zero-order chi connectivity index (χ0) is 19.6. The van der Waals surface area contributed by atoms with E-state index >= 15 is 0 Å². The minimum atomic E-state index is -0.976. The molecule has 2 heterocycles. The number of furan rings is 1. The molecule has 2 aromatic heterocycles. The molecule has 0 atom stereocenters. The van der Waals surface area contributed by atoms with Crippen LogP contribution in [0.5, 0.6) is 0 Å². The first-order valence-corrected chi connectivity index (χ1v) is 8.59. The summed E-state index contributed by atoms with van der Waals surface area (Å²) in [5.74, 6) is -1.39. The lowest BCUT2D eigenvalue weighted by Crippen LogP contribution is -2.16. The number of aromatic nitrogens is 1. The van der Waals surface area contributed by atoms with E-state index in [0.717, 1.165) is 23.2 Å². The number of hydrogen-bond acceptors (Lipinski definition) is 4. The second-order valence-electron chi connectivity index (χ2n) is 6.05. The van der Waals surface area contributed by atoms with Gasteiger partial charge in [0.15, 0.2) is 6.61 Å². The van der Waals surface area contributed by atoms with E-state index in [0.29, 0.717) is 12.1 Å². The van der Waals surface area contributed by atoms with Gasteiger partial charge in [-0.3, -0.25) is 4.79 Å². The lowest BCUT2D eigenvalue weighted by molar-refractivity contribution is 0.0470. The standard InChI is InChI=1S/C20H17ClFNO4/c1-12-9-15(13(2)23(12)10-14-5-4-8-26-14)18(24)11-27-20(25)19-16(21)6-3-7-17(19)22/h3-9H,10-11H2,1-2H3. The van der Waals surface area contributed by atoms with Gasteiger partial charge in [-0.15, -0.1) is 0 Å². The molecule has 0 saturated carbocycles. The fraction of sp³-hybridized carbons (Fsp3) is 0.200. The molecule has 0 fully saturated rings. The minimum Gasteiger partial charge on any atom is -0.467 e. The largest absolute Gasteiger partial charge is 0.467 e. The Morgan fingerprint density at radius 3 is 2.67 bits per heavy atom. The van der Waals surface area contributed by atoms with E-state index in [9.17, 15) is 14.0 Å². The Balaban J connectivity index is 1.72. The van der Waals surface area contributed by atoms with Gasteiger partial charge in [0.2, 0.25) is 5.78 Å². The normalized spacial score (nSPS) is 10.8. The number of esters is 1. The van der Waals surface area contributed by atoms with E-state index in [-0.39, 0.29) is 16.4 Å². The second-order valence-corrected chi connectivity index (χ2v) is 6.45. The van der Waals surface area contributed by atoms with Gasteiger partial charge in [0.25, 0.3) is 0 Å². The molecule has 0 bridgehead atoms. The van der Waals surface area contributed by atoms with Crippen LogP contribution in [-0.2, 0) is 11.3 Å². The van der Waals surface area contributed by atoms with Gasteiger partial charge in [-0.1, -0.05) is 17.7 Å². The van der Waals surface area contributed by atoms with Crippen LogP contribution >= 0.6 is 11.6 Å². The average molecular weight is 390 g/mol. The Hall–Kier alpha value is -2.86. The number of rotatable bonds is 6. The summed E-state index contributed by atoms with van der Waals surface area (Å²) in [5, 5.41) is -0.0657. The SMILES string of the molecule is Cc1cc(C(=O)COC(=O)c2c(F)cccc2Cl)c(C)n1Cc1ccco1. The molecular weight excluding hydrogens is 373 g/mol. The molecular formula is C20H17ClFNO4. The maximum absolute atomic E-state index is 13.8. The first kappa shape index (κ1) is 18.9. The highest BCUT2D eigenvalue weighted by atomic mass is 35.5. The molecule has 0 spiro atoms. The molecule has 7 heteroatoms. The Kier molecular flexibility index (Phi) is 5.46. The maximum Gasteiger partial charge on any atom is 0.343 e. The Morgan fingerprint density at radius 1 is 1.22 bits per heavy atom. The van der Waals surface area contributed by atoms with Crippen LogP contribution in [0.3, 0.4) is 0 Å². The van der Waals surface area contributed by atoms with Crippen LogP contribution in [0.4, 0.5) is 4.39 Å². The third-order valence-corrected chi connectivity index (χ3v) is 4.58. The third-order valence-electron chi connectivity index (χ3n) is 4.27. The van der Waals surface area contributed by atoms with Crippen molar-refractivity contribution < 1.29 is 23.1 Å². The Morgan fingerprint density at radius 2 is 2.00 bits per heavy atom. The number of ketones is 1. The zero-order valence-corrected chi connectivity index (χ0v) is 15.5. The monoisotopic (exact) mass is 389 g/mol. The van der Waals surface area contributed by atoms with E-state index < -0.39 is 18.4 Å². The molecule has 0 radical (unpaired) electrons. The first-order chi connectivity index (χ1) is 12.9. The number of carbonyl (C=O) groups is 2. The van der Waals surface area contributed by atoms with Crippen molar-refractivity contribution in [1.29, 1.82) is 0 Å². The van der Waals surface area contributed by atoms with E-state index in [1.807, 2.05) is 17.6 Å². The van der Waals surface area contributed by atoms with Crippen molar-refractivity contribution in [3.63, 3.8) is 0 Å². The highest BCUT2D eigenvalue weighted by molar-refractivity contribution is 6.33. The van der Waals surface area contributed by atoms with Gasteiger partial charge in [0.05, 0.1) is 17.8 Å². The van der Waals surface area contributed by atoms with Crippen LogP contribution < -0.4 is 0 Å². The summed E-state index contributed by atoms with van der Waals surface area (Å²) < 4.78 is 26.0. The van der Waals surface area contributed by atoms with Gasteiger partial charge < -0.3 is 13.7 Å². The van der Waals surface area contributed by atoms with Crippen molar-refractivity contribution in [2.75, 3.05) is 6.61 Å². The molecule has 1 aromatic carbocycles. The van der Waals surface area contributed by atoms with Crippen LogP contribution in [0.1, 0.15) is 37.9 Å². The van der Waals surface area contributed by atoms with E-state index in [4.69, 9.17) is 20.8 Å². The lowest BCUT2D eigenvalue weighted by Gasteiger charge is -2.08. The molecule has 0 aliphatic heterocycles. The van der Waals surface area contributed by atoms with Crippen LogP contribution in [0.15, 0.2) is 47.1 Å². The van der Waals surface area contributed by atoms with Gasteiger partial charge in [-0.25, -0.2) is 9.18 Å².